The summed E-state index contributed by atoms with van der Waals surface area (Å²) in [7, 11) is 0. The van der Waals surface area contributed by atoms with Gasteiger partial charge >= 0.3 is 0 Å². The van der Waals surface area contributed by atoms with Crippen molar-refractivity contribution in [1.82, 2.24) is 0 Å². The van der Waals surface area contributed by atoms with E-state index in [9.17, 15) is 4.79 Å². The van der Waals surface area contributed by atoms with Gasteiger partial charge in [0.25, 0.3) is 0 Å². The normalized spacial score (nSPS) is 12.2. The van der Waals surface area contributed by atoms with Crippen LogP contribution in [0.1, 0.15) is 24.7 Å². The maximum atomic E-state index is 10.7. The minimum Gasteiger partial charge on any atom is -0.326 e. The SMILES string of the molecule is CC(=O)Nc1ccc(C(C)S)cc1. The Kier molecular flexibility index (Phi) is 3.37. The molecule has 0 fully saturated rings. The summed E-state index contributed by atoms with van der Waals surface area (Å²) >= 11 is 4.30. The second-order valence-corrected chi connectivity index (χ2v) is 3.75. The highest BCUT2D eigenvalue weighted by atomic mass is 32.1. The summed E-state index contributed by atoms with van der Waals surface area (Å²) in [5.74, 6) is -0.0494. The molecule has 0 aromatic heterocycles. The first-order valence-corrected chi connectivity index (χ1v) is 4.67. The molecule has 3 heteroatoms. The highest BCUT2D eigenvalue weighted by Crippen LogP contribution is 2.20. The fourth-order valence-corrected chi connectivity index (χ4v) is 1.22. The number of amides is 1. The van der Waals surface area contributed by atoms with Crippen molar-refractivity contribution in [3.8, 4) is 0 Å². The molecule has 13 heavy (non-hydrogen) atoms. The monoisotopic (exact) mass is 195 g/mol. The first-order chi connectivity index (χ1) is 6.09. The van der Waals surface area contributed by atoms with E-state index in [4.69, 9.17) is 0 Å². The molecule has 1 N–H and O–H groups in total. The van der Waals surface area contributed by atoms with Crippen LogP contribution in [0.2, 0.25) is 0 Å². The van der Waals surface area contributed by atoms with Crippen LogP contribution in [0, 0.1) is 0 Å². The first-order valence-electron chi connectivity index (χ1n) is 4.15. The molecular formula is C10H13NOS. The maximum absolute atomic E-state index is 10.7. The summed E-state index contributed by atoms with van der Waals surface area (Å²) in [6, 6.07) is 7.68. The highest BCUT2D eigenvalue weighted by molar-refractivity contribution is 7.80. The zero-order chi connectivity index (χ0) is 9.84. The van der Waals surface area contributed by atoms with Gasteiger partial charge in [0, 0.05) is 17.9 Å². The third-order valence-corrected chi connectivity index (χ3v) is 2.01. The molecule has 0 saturated carbocycles. The van der Waals surface area contributed by atoms with Crippen molar-refractivity contribution < 1.29 is 4.79 Å². The predicted molar refractivity (Wildman–Crippen MR) is 58.1 cm³/mol. The molecule has 0 saturated heterocycles. The summed E-state index contributed by atoms with van der Waals surface area (Å²) < 4.78 is 0. The Morgan fingerprint density at radius 1 is 1.38 bits per heavy atom. The molecule has 0 aliphatic heterocycles. The van der Waals surface area contributed by atoms with Gasteiger partial charge in [0.05, 0.1) is 0 Å². The van der Waals surface area contributed by atoms with Gasteiger partial charge in [0.15, 0.2) is 0 Å². The Labute approximate surface area is 83.8 Å². The molecule has 0 heterocycles. The number of anilines is 1. The van der Waals surface area contributed by atoms with Crippen molar-refractivity contribution in [2.75, 3.05) is 5.32 Å². The van der Waals surface area contributed by atoms with Gasteiger partial charge in [-0.3, -0.25) is 4.79 Å². The van der Waals surface area contributed by atoms with Crippen molar-refractivity contribution in [2.45, 2.75) is 19.1 Å². The Morgan fingerprint density at radius 3 is 2.31 bits per heavy atom. The van der Waals surface area contributed by atoms with Crippen LogP contribution in [0.25, 0.3) is 0 Å². The van der Waals surface area contributed by atoms with E-state index in [-0.39, 0.29) is 11.2 Å². The molecule has 0 spiro atoms. The summed E-state index contributed by atoms with van der Waals surface area (Å²) in [6.45, 7) is 3.51. The minimum atomic E-state index is -0.0494. The van der Waals surface area contributed by atoms with Gasteiger partial charge in [-0.25, -0.2) is 0 Å². The Balaban J connectivity index is 2.75. The Bertz CT molecular complexity index is 292. The lowest BCUT2D eigenvalue weighted by Gasteiger charge is -2.06. The summed E-state index contributed by atoms with van der Waals surface area (Å²) in [6.07, 6.45) is 0. The van der Waals surface area contributed by atoms with E-state index in [1.165, 1.54) is 6.92 Å². The van der Waals surface area contributed by atoms with Crippen LogP contribution < -0.4 is 5.32 Å². The van der Waals surface area contributed by atoms with Crippen LogP contribution in [0.3, 0.4) is 0 Å². The molecule has 70 valence electrons. The van der Waals surface area contributed by atoms with Gasteiger partial charge in [0.1, 0.15) is 0 Å². The van der Waals surface area contributed by atoms with E-state index in [1.54, 1.807) is 0 Å². The van der Waals surface area contributed by atoms with Gasteiger partial charge in [-0.05, 0) is 24.6 Å². The number of thiol groups is 1. The van der Waals surface area contributed by atoms with E-state index in [0.29, 0.717) is 0 Å². The van der Waals surface area contributed by atoms with E-state index in [0.717, 1.165) is 11.3 Å². The van der Waals surface area contributed by atoms with Crippen molar-refractivity contribution in [2.24, 2.45) is 0 Å². The smallest absolute Gasteiger partial charge is 0.221 e. The number of hydrogen-bond donors (Lipinski definition) is 2. The molecule has 1 aromatic rings. The van der Waals surface area contributed by atoms with Crippen molar-refractivity contribution in [3.63, 3.8) is 0 Å². The van der Waals surface area contributed by atoms with E-state index in [1.807, 2.05) is 31.2 Å². The lowest BCUT2D eigenvalue weighted by Crippen LogP contribution is -2.05. The fourth-order valence-electron chi connectivity index (χ4n) is 1.05. The second-order valence-electron chi connectivity index (χ2n) is 2.98. The van der Waals surface area contributed by atoms with E-state index >= 15 is 0 Å². The molecule has 2 nitrogen and oxygen atoms in total. The standard InChI is InChI=1S/C10H13NOS/c1-7(13)9-3-5-10(6-4-9)11-8(2)12/h3-7,13H,1-2H3,(H,11,12). The number of benzene rings is 1. The maximum Gasteiger partial charge on any atom is 0.221 e. The Morgan fingerprint density at radius 2 is 1.92 bits per heavy atom. The zero-order valence-electron chi connectivity index (χ0n) is 7.74. The molecule has 0 radical (unpaired) electrons. The predicted octanol–water partition coefficient (Wildman–Crippen LogP) is 2.64. The van der Waals surface area contributed by atoms with E-state index in [2.05, 4.69) is 17.9 Å². The molecule has 1 aromatic carbocycles. The van der Waals surface area contributed by atoms with Crippen LogP contribution >= 0.6 is 12.6 Å². The zero-order valence-corrected chi connectivity index (χ0v) is 8.64. The topological polar surface area (TPSA) is 29.1 Å². The minimum absolute atomic E-state index is 0.0494. The largest absolute Gasteiger partial charge is 0.326 e. The Hall–Kier alpha value is -0.960. The molecule has 1 unspecified atom stereocenters. The summed E-state index contributed by atoms with van der Waals surface area (Å²) in [5.41, 5.74) is 1.97. The fraction of sp³-hybridized carbons (Fsp3) is 0.300. The van der Waals surface area contributed by atoms with E-state index < -0.39 is 0 Å². The van der Waals surface area contributed by atoms with Crippen LogP contribution in [0.4, 0.5) is 5.69 Å². The summed E-state index contributed by atoms with van der Waals surface area (Å²) in [5, 5.41) is 2.94. The van der Waals surface area contributed by atoms with Gasteiger partial charge in [-0.15, -0.1) is 0 Å². The lowest BCUT2D eigenvalue weighted by molar-refractivity contribution is -0.114. The molecular weight excluding hydrogens is 182 g/mol. The van der Waals surface area contributed by atoms with Crippen LogP contribution in [-0.2, 0) is 4.79 Å². The number of nitrogens with one attached hydrogen (secondary N) is 1. The quantitative estimate of drug-likeness (QED) is 0.698. The van der Waals surface area contributed by atoms with Crippen LogP contribution in [0.5, 0.6) is 0 Å². The van der Waals surface area contributed by atoms with Crippen molar-refractivity contribution in [3.05, 3.63) is 29.8 Å². The number of carbonyl (C=O) groups excluding carboxylic acids is 1. The third-order valence-electron chi connectivity index (χ3n) is 1.71. The van der Waals surface area contributed by atoms with Gasteiger partial charge in [0.2, 0.25) is 5.91 Å². The first kappa shape index (κ1) is 10.1. The third kappa shape index (κ3) is 3.11. The van der Waals surface area contributed by atoms with Gasteiger partial charge in [-0.2, -0.15) is 12.6 Å². The molecule has 0 aliphatic carbocycles. The van der Waals surface area contributed by atoms with Crippen molar-refractivity contribution in [1.29, 1.82) is 0 Å². The molecule has 0 bridgehead atoms. The number of carbonyl (C=O) groups is 1. The second kappa shape index (κ2) is 4.33. The van der Waals surface area contributed by atoms with Crippen LogP contribution in [-0.4, -0.2) is 5.91 Å². The molecule has 0 aliphatic rings. The average Bonchev–Trinajstić information content (AvgIpc) is 2.04. The van der Waals surface area contributed by atoms with Crippen molar-refractivity contribution >= 4 is 24.2 Å². The molecule has 1 atom stereocenters. The molecule has 1 amide bonds. The number of hydrogen-bond acceptors (Lipinski definition) is 2. The van der Waals surface area contributed by atoms with Crippen LogP contribution in [0.15, 0.2) is 24.3 Å². The van der Waals surface area contributed by atoms with Gasteiger partial charge < -0.3 is 5.32 Å². The summed E-state index contributed by atoms with van der Waals surface area (Å²) in [4.78, 5) is 10.7. The number of rotatable bonds is 2. The molecule has 1 rings (SSSR count). The lowest BCUT2D eigenvalue weighted by atomic mass is 10.1. The van der Waals surface area contributed by atoms with Gasteiger partial charge in [-0.1, -0.05) is 12.1 Å². The average molecular weight is 195 g/mol. The highest BCUT2D eigenvalue weighted by Gasteiger charge is 1.99.